The fourth-order valence-corrected chi connectivity index (χ4v) is 3.65. The van der Waals surface area contributed by atoms with E-state index in [0.717, 1.165) is 6.42 Å². The van der Waals surface area contributed by atoms with E-state index in [0.29, 0.717) is 19.6 Å². The summed E-state index contributed by atoms with van der Waals surface area (Å²) < 4.78 is 35.4. The monoisotopic (exact) mass is 397 g/mol. The molecule has 28 heavy (non-hydrogen) atoms. The van der Waals surface area contributed by atoms with Gasteiger partial charge in [0.25, 0.3) is 12.3 Å². The number of aromatic nitrogens is 1. The molecular formula is C19H25F2N3O4. The minimum atomic E-state index is -2.65. The van der Waals surface area contributed by atoms with E-state index in [2.05, 4.69) is 4.98 Å². The number of amides is 2. The molecule has 0 aromatic carbocycles. The maximum atomic E-state index is 13.0. The first-order valence-electron chi connectivity index (χ1n) is 9.29. The molecule has 2 aliphatic rings. The number of halogens is 2. The highest BCUT2D eigenvalue weighted by Crippen LogP contribution is 2.32. The van der Waals surface area contributed by atoms with Crippen LogP contribution in [0.2, 0.25) is 0 Å². The summed E-state index contributed by atoms with van der Waals surface area (Å²) in [5.74, 6) is -0.287. The van der Waals surface area contributed by atoms with Crippen LogP contribution in [0.15, 0.2) is 18.3 Å². The Labute approximate surface area is 162 Å². The Bertz CT molecular complexity index is 738. The predicted octanol–water partition coefficient (Wildman–Crippen LogP) is 2.81. The van der Waals surface area contributed by atoms with E-state index < -0.39 is 18.6 Å². The summed E-state index contributed by atoms with van der Waals surface area (Å²) >= 11 is 0. The number of nitrogens with zero attached hydrogens (tertiary/aromatic N) is 3. The van der Waals surface area contributed by atoms with Gasteiger partial charge in [0.15, 0.2) is 6.61 Å². The second-order valence-electron chi connectivity index (χ2n) is 8.16. The Morgan fingerprint density at radius 3 is 2.71 bits per heavy atom. The summed E-state index contributed by atoms with van der Waals surface area (Å²) in [6.07, 6.45) is -0.832. The van der Waals surface area contributed by atoms with Gasteiger partial charge in [0, 0.05) is 25.8 Å². The first kappa shape index (κ1) is 20.3. The molecule has 2 fully saturated rings. The quantitative estimate of drug-likeness (QED) is 0.781. The number of likely N-dealkylation sites (tertiary alicyclic amines) is 2. The molecule has 7 nitrogen and oxygen atoms in total. The smallest absolute Gasteiger partial charge is 0.410 e. The summed E-state index contributed by atoms with van der Waals surface area (Å²) in [6.45, 7) is 5.99. The number of alkyl halides is 2. The minimum absolute atomic E-state index is 0.102. The van der Waals surface area contributed by atoms with Gasteiger partial charge in [-0.3, -0.25) is 4.79 Å². The van der Waals surface area contributed by atoms with E-state index >= 15 is 0 Å². The Morgan fingerprint density at radius 1 is 1.29 bits per heavy atom. The molecule has 0 saturated carbocycles. The molecule has 1 aromatic heterocycles. The van der Waals surface area contributed by atoms with Crippen molar-refractivity contribution in [3.05, 3.63) is 23.9 Å². The largest absolute Gasteiger partial charge is 0.471 e. The van der Waals surface area contributed by atoms with Gasteiger partial charge in [-0.25, -0.2) is 18.6 Å². The summed E-state index contributed by atoms with van der Waals surface area (Å²) in [5.41, 5.74) is -0.441. The van der Waals surface area contributed by atoms with Gasteiger partial charge in [-0.15, -0.1) is 0 Å². The molecular weight excluding hydrogens is 372 g/mol. The van der Waals surface area contributed by atoms with E-state index in [1.807, 2.05) is 20.8 Å². The van der Waals surface area contributed by atoms with Crippen LogP contribution in [0.5, 0.6) is 5.88 Å². The number of ether oxygens (including phenoxy) is 2. The van der Waals surface area contributed by atoms with Gasteiger partial charge in [0.1, 0.15) is 11.2 Å². The van der Waals surface area contributed by atoms with Crippen LogP contribution < -0.4 is 4.74 Å². The van der Waals surface area contributed by atoms with Crippen molar-refractivity contribution >= 4 is 12.0 Å². The molecule has 0 N–H and O–H groups in total. The molecule has 9 heteroatoms. The molecule has 0 spiro atoms. The van der Waals surface area contributed by atoms with Crippen LogP contribution in [0.25, 0.3) is 0 Å². The highest BCUT2D eigenvalue weighted by molar-refractivity contribution is 5.96. The second kappa shape index (κ2) is 7.89. The van der Waals surface area contributed by atoms with Crippen molar-refractivity contribution in [2.75, 3.05) is 26.2 Å². The molecule has 2 unspecified atom stereocenters. The number of piperidine rings is 1. The third-order valence-electron chi connectivity index (χ3n) is 4.67. The van der Waals surface area contributed by atoms with Crippen molar-refractivity contribution in [1.29, 1.82) is 0 Å². The van der Waals surface area contributed by atoms with Crippen LogP contribution in [0.3, 0.4) is 0 Å². The Morgan fingerprint density at radius 2 is 2.04 bits per heavy atom. The van der Waals surface area contributed by atoms with Gasteiger partial charge in [0.2, 0.25) is 5.88 Å². The SMILES string of the molecule is CC(C)(C)OC(=O)N1CC2CC1CN(C(=O)c1cccnc1OCC(F)F)C2. The molecule has 0 aliphatic carbocycles. The molecule has 0 radical (unpaired) electrons. The predicted molar refractivity (Wildman–Crippen MR) is 96.5 cm³/mol. The summed E-state index contributed by atoms with van der Waals surface area (Å²) in [7, 11) is 0. The Hall–Kier alpha value is -2.45. The number of carbonyl (C=O) groups is 2. The van der Waals surface area contributed by atoms with Crippen molar-refractivity contribution in [3.63, 3.8) is 0 Å². The molecule has 2 atom stereocenters. The first-order valence-corrected chi connectivity index (χ1v) is 9.29. The molecule has 154 valence electrons. The van der Waals surface area contributed by atoms with Crippen LogP contribution >= 0.6 is 0 Å². The van der Waals surface area contributed by atoms with Crippen LogP contribution in [-0.2, 0) is 4.74 Å². The average molecular weight is 397 g/mol. The lowest BCUT2D eigenvalue weighted by molar-refractivity contribution is 0.0207. The first-order chi connectivity index (χ1) is 13.1. The zero-order valence-corrected chi connectivity index (χ0v) is 16.2. The van der Waals surface area contributed by atoms with Crippen LogP contribution in [0, 0.1) is 5.92 Å². The van der Waals surface area contributed by atoms with E-state index in [1.54, 1.807) is 15.9 Å². The molecule has 2 bridgehead atoms. The number of rotatable bonds is 4. The lowest BCUT2D eigenvalue weighted by Gasteiger charge is -2.33. The third kappa shape index (κ3) is 4.69. The van der Waals surface area contributed by atoms with E-state index in [1.165, 1.54) is 12.3 Å². The summed E-state index contributed by atoms with van der Waals surface area (Å²) in [6, 6.07) is 2.95. The van der Waals surface area contributed by atoms with Crippen molar-refractivity contribution in [1.82, 2.24) is 14.8 Å². The van der Waals surface area contributed by atoms with E-state index in [9.17, 15) is 18.4 Å². The van der Waals surface area contributed by atoms with E-state index in [-0.39, 0.29) is 35.4 Å². The van der Waals surface area contributed by atoms with Gasteiger partial charge >= 0.3 is 6.09 Å². The molecule has 3 rings (SSSR count). The third-order valence-corrected chi connectivity index (χ3v) is 4.67. The van der Waals surface area contributed by atoms with Crippen molar-refractivity contribution in [2.45, 2.75) is 45.3 Å². The topological polar surface area (TPSA) is 72.0 Å². The maximum absolute atomic E-state index is 13.0. The normalized spacial score (nSPS) is 21.8. The van der Waals surface area contributed by atoms with Crippen LogP contribution in [0.4, 0.5) is 13.6 Å². The zero-order valence-electron chi connectivity index (χ0n) is 16.2. The fourth-order valence-electron chi connectivity index (χ4n) is 3.65. The standard InChI is InChI=1S/C19H25F2N3O4/c1-19(2,3)28-18(26)24-9-12-7-13(24)10-23(8-12)17(25)14-5-4-6-22-16(14)27-11-15(20)21/h4-6,12-13,15H,7-11H2,1-3H3. The summed E-state index contributed by atoms with van der Waals surface area (Å²) in [5, 5.41) is 0. The highest BCUT2D eigenvalue weighted by Gasteiger charge is 2.44. The van der Waals surface area contributed by atoms with Gasteiger partial charge in [-0.05, 0) is 45.2 Å². The number of pyridine rings is 1. The molecule has 2 aliphatic heterocycles. The number of carbonyl (C=O) groups excluding carboxylic acids is 2. The van der Waals surface area contributed by atoms with Crippen LogP contribution in [-0.4, -0.2) is 71.1 Å². The highest BCUT2D eigenvalue weighted by atomic mass is 19.3. The fraction of sp³-hybridized carbons (Fsp3) is 0.632. The second-order valence-corrected chi connectivity index (χ2v) is 8.16. The van der Waals surface area contributed by atoms with Gasteiger partial charge in [-0.1, -0.05) is 0 Å². The van der Waals surface area contributed by atoms with E-state index in [4.69, 9.17) is 9.47 Å². The Balaban J connectivity index is 1.70. The van der Waals surface area contributed by atoms with Gasteiger partial charge < -0.3 is 19.3 Å². The molecule has 3 heterocycles. The average Bonchev–Trinajstić information content (AvgIpc) is 2.92. The minimum Gasteiger partial charge on any atom is -0.471 e. The van der Waals surface area contributed by atoms with Crippen molar-refractivity contribution in [3.8, 4) is 5.88 Å². The number of fused-ring (bicyclic) bond motifs is 2. The van der Waals surface area contributed by atoms with Gasteiger partial charge in [-0.2, -0.15) is 0 Å². The maximum Gasteiger partial charge on any atom is 0.410 e. The molecule has 2 saturated heterocycles. The van der Waals surface area contributed by atoms with Crippen molar-refractivity contribution in [2.24, 2.45) is 5.92 Å². The molecule has 1 aromatic rings. The van der Waals surface area contributed by atoms with Gasteiger partial charge in [0.05, 0.1) is 6.04 Å². The Kier molecular flexibility index (Phi) is 5.71. The summed E-state index contributed by atoms with van der Waals surface area (Å²) in [4.78, 5) is 32.7. The van der Waals surface area contributed by atoms with Crippen LogP contribution in [0.1, 0.15) is 37.6 Å². The van der Waals surface area contributed by atoms with Crippen molar-refractivity contribution < 1.29 is 27.8 Å². The lowest BCUT2D eigenvalue weighted by atomic mass is 9.99. The lowest BCUT2D eigenvalue weighted by Crippen LogP contribution is -2.47. The number of hydrogen-bond acceptors (Lipinski definition) is 5. The zero-order chi connectivity index (χ0) is 20.5. The number of hydrogen-bond donors (Lipinski definition) is 0. The molecule has 2 amide bonds.